The molecule has 0 spiro atoms. The van der Waals surface area contributed by atoms with Crippen LogP contribution in [0.4, 0.5) is 0 Å². The number of likely N-dealkylation sites (tertiary alicyclic amines) is 1. The van der Waals surface area contributed by atoms with Crippen LogP contribution in [0, 0.1) is 0 Å². The van der Waals surface area contributed by atoms with Crippen LogP contribution in [0.15, 0.2) is 35.2 Å². The summed E-state index contributed by atoms with van der Waals surface area (Å²) in [7, 11) is 0. The molecule has 3 rings (SSSR count). The molecule has 0 aliphatic carbocycles. The number of rotatable bonds is 3. The van der Waals surface area contributed by atoms with Gasteiger partial charge >= 0.3 is 0 Å². The summed E-state index contributed by atoms with van der Waals surface area (Å²) in [5.41, 5.74) is 0. The van der Waals surface area contributed by atoms with Crippen molar-refractivity contribution in [3.05, 3.63) is 42.4 Å². The Kier molecular flexibility index (Phi) is 3.58. The van der Waals surface area contributed by atoms with Gasteiger partial charge in [-0.1, -0.05) is 0 Å². The van der Waals surface area contributed by atoms with Gasteiger partial charge in [0.25, 0.3) is 5.91 Å². The molecule has 2 aromatic heterocycles. The van der Waals surface area contributed by atoms with Crippen molar-refractivity contribution in [1.29, 1.82) is 0 Å². The number of hydrogen-bond acceptors (Lipinski definition) is 3. The normalized spacial score (nSPS) is 19.2. The fraction of sp³-hybridized carbons (Fsp3) is 0.467. The monoisotopic (exact) mass is 273 g/mol. The zero-order chi connectivity index (χ0) is 13.9. The van der Waals surface area contributed by atoms with Gasteiger partial charge in [-0.2, -0.15) is 0 Å². The molecule has 5 nitrogen and oxygen atoms in total. The smallest absolute Gasteiger partial charge is 0.289 e. The molecule has 2 aromatic rings. The van der Waals surface area contributed by atoms with Crippen LogP contribution in [0.25, 0.3) is 0 Å². The van der Waals surface area contributed by atoms with E-state index < -0.39 is 0 Å². The molecular weight excluding hydrogens is 254 g/mol. The van der Waals surface area contributed by atoms with E-state index in [4.69, 9.17) is 4.42 Å². The van der Waals surface area contributed by atoms with Gasteiger partial charge in [0, 0.05) is 37.9 Å². The zero-order valence-corrected chi connectivity index (χ0v) is 11.7. The molecule has 0 unspecified atom stereocenters. The van der Waals surface area contributed by atoms with E-state index in [1.165, 1.54) is 0 Å². The lowest BCUT2D eigenvalue weighted by Crippen LogP contribution is -2.39. The van der Waals surface area contributed by atoms with Gasteiger partial charge in [0.1, 0.15) is 5.82 Å². The van der Waals surface area contributed by atoms with Crippen molar-refractivity contribution in [3.8, 4) is 0 Å². The number of piperidine rings is 1. The van der Waals surface area contributed by atoms with Crippen molar-refractivity contribution in [2.24, 2.45) is 0 Å². The molecule has 1 saturated heterocycles. The number of carbonyl (C=O) groups excluding carboxylic acids is 1. The van der Waals surface area contributed by atoms with Crippen molar-refractivity contribution in [1.82, 2.24) is 14.5 Å². The number of furan rings is 1. The predicted octanol–water partition coefficient (Wildman–Crippen LogP) is 2.52. The minimum Gasteiger partial charge on any atom is -0.459 e. The van der Waals surface area contributed by atoms with Gasteiger partial charge in [-0.15, -0.1) is 0 Å². The lowest BCUT2D eigenvalue weighted by molar-refractivity contribution is 0.0671. The fourth-order valence-corrected chi connectivity index (χ4v) is 2.88. The standard InChI is InChI=1S/C15H19N3O2/c1-2-17-9-7-16-14(17)12-5-3-8-18(11-12)15(19)13-6-4-10-20-13/h4,6-7,9-10,12H,2-3,5,8,11H2,1H3/t12-/m1/s1. The number of hydrogen-bond donors (Lipinski definition) is 0. The Labute approximate surface area is 118 Å². The van der Waals surface area contributed by atoms with Crippen LogP contribution in [0.5, 0.6) is 0 Å². The number of nitrogens with zero attached hydrogens (tertiary/aromatic N) is 3. The van der Waals surface area contributed by atoms with E-state index in [-0.39, 0.29) is 5.91 Å². The molecule has 20 heavy (non-hydrogen) atoms. The van der Waals surface area contributed by atoms with Crippen LogP contribution in [0.2, 0.25) is 0 Å². The van der Waals surface area contributed by atoms with Crippen LogP contribution in [-0.2, 0) is 6.54 Å². The number of carbonyl (C=O) groups is 1. The van der Waals surface area contributed by atoms with Gasteiger partial charge in [0.05, 0.1) is 6.26 Å². The molecule has 0 N–H and O–H groups in total. The van der Waals surface area contributed by atoms with E-state index in [0.717, 1.165) is 38.3 Å². The highest BCUT2D eigenvalue weighted by atomic mass is 16.3. The van der Waals surface area contributed by atoms with Crippen molar-refractivity contribution in [2.75, 3.05) is 13.1 Å². The third kappa shape index (κ3) is 2.35. The second kappa shape index (κ2) is 5.53. The molecule has 0 aromatic carbocycles. The molecular formula is C15H19N3O2. The van der Waals surface area contributed by atoms with Gasteiger partial charge in [0.15, 0.2) is 5.76 Å². The van der Waals surface area contributed by atoms with E-state index in [1.807, 2.05) is 17.3 Å². The molecule has 1 aliphatic heterocycles. The minimum atomic E-state index is -0.0192. The van der Waals surface area contributed by atoms with Crippen molar-refractivity contribution < 1.29 is 9.21 Å². The summed E-state index contributed by atoms with van der Waals surface area (Å²) < 4.78 is 7.37. The number of aromatic nitrogens is 2. The SMILES string of the molecule is CCn1ccnc1[C@@H]1CCCN(C(=O)c2ccco2)C1. The molecule has 1 aliphatic rings. The second-order valence-electron chi connectivity index (χ2n) is 5.14. The van der Waals surface area contributed by atoms with Gasteiger partial charge in [0.2, 0.25) is 0 Å². The number of amides is 1. The molecule has 1 fully saturated rings. The average molecular weight is 273 g/mol. The Morgan fingerprint density at radius 2 is 2.45 bits per heavy atom. The summed E-state index contributed by atoms with van der Waals surface area (Å²) in [5.74, 6) is 1.81. The highest BCUT2D eigenvalue weighted by Crippen LogP contribution is 2.26. The third-order valence-corrected chi connectivity index (χ3v) is 3.89. The van der Waals surface area contributed by atoms with Crippen molar-refractivity contribution in [3.63, 3.8) is 0 Å². The van der Waals surface area contributed by atoms with Gasteiger partial charge in [-0.3, -0.25) is 4.79 Å². The summed E-state index contributed by atoms with van der Waals surface area (Å²) in [5, 5.41) is 0. The summed E-state index contributed by atoms with van der Waals surface area (Å²) >= 11 is 0. The molecule has 1 atom stereocenters. The number of aryl methyl sites for hydroxylation is 1. The molecule has 0 saturated carbocycles. The van der Waals surface area contributed by atoms with Crippen LogP contribution in [-0.4, -0.2) is 33.4 Å². The van der Waals surface area contributed by atoms with Crippen LogP contribution >= 0.6 is 0 Å². The molecule has 1 amide bonds. The number of imidazole rings is 1. The Hall–Kier alpha value is -2.04. The quantitative estimate of drug-likeness (QED) is 0.863. The molecule has 5 heteroatoms. The average Bonchev–Trinajstić information content (AvgIpc) is 3.17. The highest BCUT2D eigenvalue weighted by molar-refractivity contribution is 5.91. The predicted molar refractivity (Wildman–Crippen MR) is 74.5 cm³/mol. The van der Waals surface area contributed by atoms with Gasteiger partial charge < -0.3 is 13.9 Å². The first-order chi connectivity index (χ1) is 9.79. The summed E-state index contributed by atoms with van der Waals surface area (Å²) in [4.78, 5) is 18.7. The lowest BCUT2D eigenvalue weighted by Gasteiger charge is -2.32. The summed E-state index contributed by atoms with van der Waals surface area (Å²) in [6.07, 6.45) is 7.47. The lowest BCUT2D eigenvalue weighted by atomic mass is 9.97. The van der Waals surface area contributed by atoms with E-state index in [2.05, 4.69) is 16.5 Å². The Morgan fingerprint density at radius 1 is 1.55 bits per heavy atom. The Bertz CT molecular complexity index is 574. The topological polar surface area (TPSA) is 51.3 Å². The van der Waals surface area contributed by atoms with Crippen molar-refractivity contribution >= 4 is 5.91 Å². The first-order valence-electron chi connectivity index (χ1n) is 7.13. The molecule has 0 radical (unpaired) electrons. The summed E-state index contributed by atoms with van der Waals surface area (Å²) in [6, 6.07) is 3.47. The fourth-order valence-electron chi connectivity index (χ4n) is 2.88. The Morgan fingerprint density at radius 3 is 3.20 bits per heavy atom. The van der Waals surface area contributed by atoms with Crippen LogP contribution < -0.4 is 0 Å². The minimum absolute atomic E-state index is 0.0192. The third-order valence-electron chi connectivity index (χ3n) is 3.89. The summed E-state index contributed by atoms with van der Waals surface area (Å²) in [6.45, 7) is 4.54. The van der Waals surface area contributed by atoms with Gasteiger partial charge in [-0.05, 0) is 31.9 Å². The van der Waals surface area contributed by atoms with Crippen LogP contribution in [0.3, 0.4) is 0 Å². The first kappa shape index (κ1) is 13.0. The maximum absolute atomic E-state index is 12.3. The second-order valence-corrected chi connectivity index (χ2v) is 5.14. The van der Waals surface area contributed by atoms with Crippen LogP contribution in [0.1, 0.15) is 42.1 Å². The highest BCUT2D eigenvalue weighted by Gasteiger charge is 2.28. The molecule has 0 bridgehead atoms. The maximum atomic E-state index is 12.3. The maximum Gasteiger partial charge on any atom is 0.289 e. The Balaban J connectivity index is 1.75. The zero-order valence-electron chi connectivity index (χ0n) is 11.7. The van der Waals surface area contributed by atoms with Gasteiger partial charge in [-0.25, -0.2) is 4.98 Å². The largest absolute Gasteiger partial charge is 0.459 e. The first-order valence-corrected chi connectivity index (χ1v) is 7.13. The molecule has 106 valence electrons. The van der Waals surface area contributed by atoms with E-state index >= 15 is 0 Å². The van der Waals surface area contributed by atoms with E-state index in [9.17, 15) is 4.79 Å². The molecule has 3 heterocycles. The van der Waals surface area contributed by atoms with Crippen molar-refractivity contribution in [2.45, 2.75) is 32.2 Å². The van der Waals surface area contributed by atoms with E-state index in [1.54, 1.807) is 18.4 Å². The van der Waals surface area contributed by atoms with E-state index in [0.29, 0.717) is 11.7 Å².